The van der Waals surface area contributed by atoms with Gasteiger partial charge in [0.15, 0.2) is 22.7 Å². The number of para-hydroxylation sites is 2. The highest BCUT2D eigenvalue weighted by Gasteiger charge is 2.23. The van der Waals surface area contributed by atoms with Gasteiger partial charge in [0.1, 0.15) is 6.61 Å². The average molecular weight is 266 g/mol. The standard InChI is InChI=1S/C13H18N2O2S/c1-3-15(13(18)14-2)8-10-9-16-11-6-4-5-7-12(11)17-10/h4-7,10H,3,8-9H2,1-2H3,(H,14,18)/t10-/m1/s1. The van der Waals surface area contributed by atoms with E-state index in [1.165, 1.54) is 0 Å². The van der Waals surface area contributed by atoms with Crippen LogP contribution in [0.1, 0.15) is 6.92 Å². The van der Waals surface area contributed by atoms with Crippen molar-refractivity contribution >= 4 is 17.3 Å². The fourth-order valence-corrected chi connectivity index (χ4v) is 2.12. The molecule has 18 heavy (non-hydrogen) atoms. The summed E-state index contributed by atoms with van der Waals surface area (Å²) in [5.41, 5.74) is 0. The van der Waals surface area contributed by atoms with Crippen molar-refractivity contribution in [1.82, 2.24) is 10.2 Å². The number of hydrogen-bond acceptors (Lipinski definition) is 3. The summed E-state index contributed by atoms with van der Waals surface area (Å²) in [6, 6.07) is 7.73. The molecule has 1 heterocycles. The Kier molecular flexibility index (Phi) is 4.25. The summed E-state index contributed by atoms with van der Waals surface area (Å²) in [6.07, 6.45) is 0.00569. The topological polar surface area (TPSA) is 33.7 Å². The highest BCUT2D eigenvalue weighted by atomic mass is 32.1. The van der Waals surface area contributed by atoms with Crippen LogP contribution >= 0.6 is 12.2 Å². The second-order valence-electron chi connectivity index (χ2n) is 4.09. The number of nitrogens with one attached hydrogen (secondary N) is 1. The van der Waals surface area contributed by atoms with Crippen LogP contribution in [0.2, 0.25) is 0 Å². The van der Waals surface area contributed by atoms with E-state index in [0.717, 1.165) is 29.7 Å². The minimum atomic E-state index is 0.00569. The Bertz CT molecular complexity index is 425. The Hall–Kier alpha value is -1.49. The number of benzene rings is 1. The molecule has 1 N–H and O–H groups in total. The van der Waals surface area contributed by atoms with E-state index < -0.39 is 0 Å². The zero-order valence-electron chi connectivity index (χ0n) is 10.7. The van der Waals surface area contributed by atoms with Crippen molar-refractivity contribution in [1.29, 1.82) is 0 Å². The Balaban J connectivity index is 1.98. The van der Waals surface area contributed by atoms with Crippen LogP contribution < -0.4 is 14.8 Å². The van der Waals surface area contributed by atoms with Gasteiger partial charge in [-0.2, -0.15) is 0 Å². The zero-order chi connectivity index (χ0) is 13.0. The van der Waals surface area contributed by atoms with Crippen molar-refractivity contribution in [3.8, 4) is 11.5 Å². The van der Waals surface area contributed by atoms with Crippen LogP contribution in [0.4, 0.5) is 0 Å². The summed E-state index contributed by atoms with van der Waals surface area (Å²) in [4.78, 5) is 2.07. The quantitative estimate of drug-likeness (QED) is 0.841. The van der Waals surface area contributed by atoms with Crippen molar-refractivity contribution in [2.75, 3.05) is 26.7 Å². The maximum atomic E-state index is 5.90. The van der Waals surface area contributed by atoms with Crippen LogP contribution in [0, 0.1) is 0 Å². The predicted octanol–water partition coefficient (Wildman–Crippen LogP) is 1.65. The third kappa shape index (κ3) is 2.85. The third-order valence-electron chi connectivity index (χ3n) is 2.87. The predicted molar refractivity (Wildman–Crippen MR) is 75.3 cm³/mol. The fraction of sp³-hybridized carbons (Fsp3) is 0.462. The molecule has 0 bridgehead atoms. The van der Waals surface area contributed by atoms with Gasteiger partial charge in [0.2, 0.25) is 0 Å². The van der Waals surface area contributed by atoms with Crippen LogP contribution in [-0.4, -0.2) is 42.9 Å². The Labute approximate surface area is 113 Å². The fourth-order valence-electron chi connectivity index (χ4n) is 1.91. The van der Waals surface area contributed by atoms with Crippen molar-refractivity contribution in [3.63, 3.8) is 0 Å². The highest BCUT2D eigenvalue weighted by molar-refractivity contribution is 7.80. The Morgan fingerprint density at radius 2 is 2.17 bits per heavy atom. The summed E-state index contributed by atoms with van der Waals surface area (Å²) >= 11 is 5.24. The van der Waals surface area contributed by atoms with Gasteiger partial charge >= 0.3 is 0 Å². The number of nitrogens with zero attached hydrogens (tertiary/aromatic N) is 1. The van der Waals surface area contributed by atoms with Crippen molar-refractivity contribution in [2.24, 2.45) is 0 Å². The molecule has 0 fully saturated rings. The van der Waals surface area contributed by atoms with Crippen molar-refractivity contribution in [3.05, 3.63) is 24.3 Å². The van der Waals surface area contributed by atoms with Gasteiger partial charge in [-0.15, -0.1) is 0 Å². The minimum absolute atomic E-state index is 0.00569. The van der Waals surface area contributed by atoms with Gasteiger partial charge in [-0.1, -0.05) is 12.1 Å². The van der Waals surface area contributed by atoms with E-state index in [9.17, 15) is 0 Å². The van der Waals surface area contributed by atoms with Crippen molar-refractivity contribution < 1.29 is 9.47 Å². The first kappa shape index (κ1) is 13.0. The number of thiocarbonyl (C=S) groups is 1. The number of rotatable bonds is 3. The first-order chi connectivity index (χ1) is 8.74. The maximum absolute atomic E-state index is 5.90. The molecule has 0 unspecified atom stereocenters. The molecule has 0 radical (unpaired) electrons. The van der Waals surface area contributed by atoms with Gasteiger partial charge < -0.3 is 19.7 Å². The van der Waals surface area contributed by atoms with Crippen LogP contribution in [0.15, 0.2) is 24.3 Å². The SMILES string of the molecule is CCN(C[C@@H]1COc2ccccc2O1)C(=S)NC. The Morgan fingerprint density at radius 1 is 1.44 bits per heavy atom. The summed E-state index contributed by atoms with van der Waals surface area (Å²) < 4.78 is 11.6. The summed E-state index contributed by atoms with van der Waals surface area (Å²) in [6.45, 7) is 4.20. The molecule has 1 aliphatic rings. The van der Waals surface area contributed by atoms with E-state index in [-0.39, 0.29) is 6.10 Å². The number of hydrogen-bond donors (Lipinski definition) is 1. The van der Waals surface area contributed by atoms with Crippen LogP contribution in [0.5, 0.6) is 11.5 Å². The smallest absolute Gasteiger partial charge is 0.168 e. The molecule has 0 spiro atoms. The van der Waals surface area contributed by atoms with Gasteiger partial charge in [0.25, 0.3) is 0 Å². The van der Waals surface area contributed by atoms with E-state index >= 15 is 0 Å². The van der Waals surface area contributed by atoms with Gasteiger partial charge in [0.05, 0.1) is 6.54 Å². The molecule has 0 aromatic heterocycles. The lowest BCUT2D eigenvalue weighted by Crippen LogP contribution is -2.46. The van der Waals surface area contributed by atoms with E-state index in [1.54, 1.807) is 0 Å². The third-order valence-corrected chi connectivity index (χ3v) is 3.34. The van der Waals surface area contributed by atoms with E-state index in [0.29, 0.717) is 6.61 Å². The molecule has 98 valence electrons. The first-order valence-electron chi connectivity index (χ1n) is 6.09. The molecule has 5 heteroatoms. The molecule has 1 aromatic carbocycles. The Morgan fingerprint density at radius 3 is 2.83 bits per heavy atom. The van der Waals surface area contributed by atoms with Gasteiger partial charge in [-0.25, -0.2) is 0 Å². The maximum Gasteiger partial charge on any atom is 0.168 e. The lowest BCUT2D eigenvalue weighted by atomic mass is 10.2. The monoisotopic (exact) mass is 266 g/mol. The normalized spacial score (nSPS) is 17.1. The average Bonchev–Trinajstić information content (AvgIpc) is 2.43. The molecular formula is C13H18N2O2S. The molecule has 1 aromatic rings. The summed E-state index contributed by atoms with van der Waals surface area (Å²) in [7, 11) is 1.83. The second-order valence-corrected chi connectivity index (χ2v) is 4.48. The second kappa shape index (κ2) is 5.91. The number of fused-ring (bicyclic) bond motifs is 1. The molecule has 0 amide bonds. The van der Waals surface area contributed by atoms with E-state index in [4.69, 9.17) is 21.7 Å². The summed E-state index contributed by atoms with van der Waals surface area (Å²) in [5, 5.41) is 3.72. The van der Waals surface area contributed by atoms with Crippen molar-refractivity contribution in [2.45, 2.75) is 13.0 Å². The van der Waals surface area contributed by atoms with Crippen LogP contribution in [-0.2, 0) is 0 Å². The molecule has 1 aliphatic heterocycles. The highest BCUT2D eigenvalue weighted by Crippen LogP contribution is 2.30. The van der Waals surface area contributed by atoms with Crippen LogP contribution in [0.3, 0.4) is 0 Å². The lowest BCUT2D eigenvalue weighted by molar-refractivity contribution is 0.0749. The molecular weight excluding hydrogens is 248 g/mol. The van der Waals surface area contributed by atoms with Gasteiger partial charge in [-0.3, -0.25) is 0 Å². The van der Waals surface area contributed by atoms with Crippen LogP contribution in [0.25, 0.3) is 0 Å². The number of ether oxygens (including phenoxy) is 2. The molecule has 0 saturated heterocycles. The first-order valence-corrected chi connectivity index (χ1v) is 6.50. The van der Waals surface area contributed by atoms with Gasteiger partial charge in [-0.05, 0) is 31.3 Å². The molecule has 0 saturated carbocycles. The molecule has 4 nitrogen and oxygen atoms in total. The minimum Gasteiger partial charge on any atom is -0.486 e. The van der Waals surface area contributed by atoms with Gasteiger partial charge in [0, 0.05) is 13.6 Å². The molecule has 1 atom stereocenters. The molecule has 0 aliphatic carbocycles. The molecule has 2 rings (SSSR count). The van der Waals surface area contributed by atoms with E-state index in [1.807, 2.05) is 31.3 Å². The zero-order valence-corrected chi connectivity index (χ0v) is 11.5. The number of likely N-dealkylation sites (N-methyl/N-ethyl adjacent to an activating group) is 1. The van der Waals surface area contributed by atoms with E-state index in [2.05, 4.69) is 17.1 Å². The summed E-state index contributed by atoms with van der Waals surface area (Å²) in [5.74, 6) is 1.62. The largest absolute Gasteiger partial charge is 0.486 e. The lowest BCUT2D eigenvalue weighted by Gasteiger charge is -2.31.